The standard InChI is InChI=1S/C3H9N3.CO2/c1-5-3(4)6-2;2-1-3/h1-2H3,(H3,4,5,6);. The third kappa shape index (κ3) is 20.5. The first-order valence-electron chi connectivity index (χ1n) is 2.12. The zero-order valence-corrected chi connectivity index (χ0v) is 5.34. The van der Waals surface area contributed by atoms with E-state index in [2.05, 4.69) is 10.3 Å². The minimum atomic E-state index is 0.250. The summed E-state index contributed by atoms with van der Waals surface area (Å²) in [6.07, 6.45) is 0.250. The predicted octanol–water partition coefficient (Wildman–Crippen LogP) is -1.43. The molecule has 0 rings (SSSR count). The summed E-state index contributed by atoms with van der Waals surface area (Å²) in [4.78, 5) is 19.8. The Morgan fingerprint density at radius 1 is 1.67 bits per heavy atom. The van der Waals surface area contributed by atoms with Crippen LogP contribution in [0.25, 0.3) is 0 Å². The molecule has 0 aromatic rings. The summed E-state index contributed by atoms with van der Waals surface area (Å²) in [7, 11) is 3.36. The maximum atomic E-state index is 8.12. The summed E-state index contributed by atoms with van der Waals surface area (Å²) in [6.45, 7) is 0. The monoisotopic (exact) mass is 131 g/mol. The van der Waals surface area contributed by atoms with Crippen molar-refractivity contribution in [1.29, 1.82) is 0 Å². The highest BCUT2D eigenvalue weighted by molar-refractivity contribution is 5.77. The molecule has 0 aliphatic heterocycles. The molecule has 0 aromatic carbocycles. The van der Waals surface area contributed by atoms with Crippen molar-refractivity contribution < 1.29 is 9.59 Å². The number of carbonyl (C=O) groups excluding carboxylic acids is 2. The fourth-order valence-electron chi connectivity index (χ4n) is 0.112. The van der Waals surface area contributed by atoms with Crippen molar-refractivity contribution in [1.82, 2.24) is 5.32 Å². The number of nitrogens with one attached hydrogen (secondary N) is 1. The number of nitrogens with two attached hydrogens (primary N) is 1. The highest BCUT2D eigenvalue weighted by Gasteiger charge is 1.71. The minimum absolute atomic E-state index is 0.250. The van der Waals surface area contributed by atoms with Crippen molar-refractivity contribution >= 4 is 12.1 Å². The summed E-state index contributed by atoms with van der Waals surface area (Å²) in [5.41, 5.74) is 5.11. The molecule has 0 atom stereocenters. The third-order valence-electron chi connectivity index (χ3n) is 0.497. The van der Waals surface area contributed by atoms with E-state index < -0.39 is 0 Å². The average molecular weight is 131 g/mol. The molecule has 0 aliphatic carbocycles. The zero-order valence-electron chi connectivity index (χ0n) is 5.34. The number of guanidine groups is 1. The third-order valence-corrected chi connectivity index (χ3v) is 0.497. The van der Waals surface area contributed by atoms with Gasteiger partial charge in [0.25, 0.3) is 0 Å². The number of aliphatic imine (C=N–C) groups is 1. The highest BCUT2D eigenvalue weighted by atomic mass is 16.2. The summed E-state index contributed by atoms with van der Waals surface area (Å²) < 4.78 is 0. The normalized spacial score (nSPS) is 8.44. The topological polar surface area (TPSA) is 84.5 Å². The van der Waals surface area contributed by atoms with Crippen LogP contribution >= 0.6 is 0 Å². The second kappa shape index (κ2) is 9.82. The summed E-state index contributed by atoms with van der Waals surface area (Å²) in [6, 6.07) is 0. The van der Waals surface area contributed by atoms with Gasteiger partial charge in [0.15, 0.2) is 5.96 Å². The Labute approximate surface area is 52.9 Å². The Hall–Kier alpha value is -1.35. The Bertz CT molecular complexity index is 115. The molecule has 3 N–H and O–H groups in total. The van der Waals surface area contributed by atoms with E-state index >= 15 is 0 Å². The molecule has 0 bridgehead atoms. The highest BCUT2D eigenvalue weighted by Crippen LogP contribution is 1.48. The molecular formula is C4H9N3O2. The molecule has 0 spiro atoms. The second-order valence-corrected chi connectivity index (χ2v) is 0.942. The second-order valence-electron chi connectivity index (χ2n) is 0.942. The maximum absolute atomic E-state index is 8.12. The Morgan fingerprint density at radius 3 is 2.00 bits per heavy atom. The molecule has 5 nitrogen and oxygen atoms in total. The van der Waals surface area contributed by atoms with E-state index in [4.69, 9.17) is 15.3 Å². The van der Waals surface area contributed by atoms with Crippen LogP contribution in [-0.4, -0.2) is 26.2 Å². The van der Waals surface area contributed by atoms with Gasteiger partial charge in [0.2, 0.25) is 0 Å². The van der Waals surface area contributed by atoms with Crippen LogP contribution < -0.4 is 11.1 Å². The van der Waals surface area contributed by atoms with E-state index in [1.807, 2.05) is 0 Å². The number of hydrogen-bond donors (Lipinski definition) is 2. The van der Waals surface area contributed by atoms with Crippen molar-refractivity contribution in [3.05, 3.63) is 0 Å². The Morgan fingerprint density at radius 2 is 2.00 bits per heavy atom. The van der Waals surface area contributed by atoms with E-state index in [-0.39, 0.29) is 6.15 Å². The molecule has 52 valence electrons. The van der Waals surface area contributed by atoms with Gasteiger partial charge >= 0.3 is 6.15 Å². The molecule has 0 aliphatic rings. The molecule has 0 unspecified atom stereocenters. The number of hydrogen-bond acceptors (Lipinski definition) is 3. The largest absolute Gasteiger partial charge is 0.373 e. The van der Waals surface area contributed by atoms with Crippen LogP contribution in [0.3, 0.4) is 0 Å². The van der Waals surface area contributed by atoms with Crippen molar-refractivity contribution in [2.24, 2.45) is 10.7 Å². The van der Waals surface area contributed by atoms with Gasteiger partial charge in [-0.25, -0.2) is 0 Å². The van der Waals surface area contributed by atoms with Crippen LogP contribution in [0.4, 0.5) is 0 Å². The van der Waals surface area contributed by atoms with E-state index in [0.717, 1.165) is 0 Å². The molecule has 9 heavy (non-hydrogen) atoms. The summed E-state index contributed by atoms with van der Waals surface area (Å²) >= 11 is 0. The van der Waals surface area contributed by atoms with Gasteiger partial charge in [0.1, 0.15) is 0 Å². The van der Waals surface area contributed by atoms with Crippen LogP contribution in [-0.2, 0) is 9.59 Å². The van der Waals surface area contributed by atoms with Gasteiger partial charge in [-0.3, -0.25) is 4.99 Å². The molecule has 0 heterocycles. The van der Waals surface area contributed by atoms with Crippen molar-refractivity contribution in [3.8, 4) is 0 Å². The predicted molar refractivity (Wildman–Crippen MR) is 31.6 cm³/mol. The Kier molecular flexibility index (Phi) is 11.6. The fraction of sp³-hybridized carbons (Fsp3) is 0.500. The van der Waals surface area contributed by atoms with E-state index in [9.17, 15) is 0 Å². The molecule has 0 saturated heterocycles. The number of rotatable bonds is 0. The first kappa shape index (κ1) is 10.6. The zero-order chi connectivity index (χ0) is 7.70. The van der Waals surface area contributed by atoms with Gasteiger partial charge in [-0.2, -0.15) is 9.59 Å². The quantitative estimate of drug-likeness (QED) is 0.311. The van der Waals surface area contributed by atoms with Gasteiger partial charge in [-0.05, 0) is 0 Å². The SMILES string of the molecule is CN=C(N)NC.O=C=O. The molecule has 0 amide bonds. The van der Waals surface area contributed by atoms with Crippen LogP contribution in [0.5, 0.6) is 0 Å². The summed E-state index contributed by atoms with van der Waals surface area (Å²) in [5.74, 6) is 0.468. The van der Waals surface area contributed by atoms with Crippen LogP contribution in [0, 0.1) is 0 Å². The van der Waals surface area contributed by atoms with Gasteiger partial charge in [0, 0.05) is 14.1 Å². The smallest absolute Gasteiger partial charge is 0.370 e. The lowest BCUT2D eigenvalue weighted by atomic mass is 11.0. The lowest BCUT2D eigenvalue weighted by molar-refractivity contribution is -0.191. The average Bonchev–Trinajstić information content (AvgIpc) is 1.88. The van der Waals surface area contributed by atoms with Gasteiger partial charge in [-0.15, -0.1) is 0 Å². The maximum Gasteiger partial charge on any atom is 0.373 e. The lowest BCUT2D eigenvalue weighted by Crippen LogP contribution is -2.27. The molecule has 0 aromatic heterocycles. The minimum Gasteiger partial charge on any atom is -0.370 e. The van der Waals surface area contributed by atoms with Crippen molar-refractivity contribution in [3.63, 3.8) is 0 Å². The van der Waals surface area contributed by atoms with E-state index in [1.54, 1.807) is 14.1 Å². The number of nitrogens with zero attached hydrogens (tertiary/aromatic N) is 1. The summed E-state index contributed by atoms with van der Waals surface area (Å²) in [5, 5.41) is 2.64. The molecule has 5 heteroatoms. The van der Waals surface area contributed by atoms with E-state index in [1.165, 1.54) is 0 Å². The van der Waals surface area contributed by atoms with Crippen LogP contribution in [0.2, 0.25) is 0 Å². The Balaban J connectivity index is 0. The van der Waals surface area contributed by atoms with Crippen LogP contribution in [0.1, 0.15) is 0 Å². The molecule has 0 radical (unpaired) electrons. The molecule has 0 saturated carbocycles. The lowest BCUT2D eigenvalue weighted by Gasteiger charge is -1.90. The first-order valence-corrected chi connectivity index (χ1v) is 2.12. The molecular weight excluding hydrogens is 122 g/mol. The van der Waals surface area contributed by atoms with Gasteiger partial charge in [-0.1, -0.05) is 0 Å². The fourth-order valence-corrected chi connectivity index (χ4v) is 0.112. The van der Waals surface area contributed by atoms with Crippen LogP contribution in [0.15, 0.2) is 4.99 Å². The van der Waals surface area contributed by atoms with Gasteiger partial charge in [0.05, 0.1) is 0 Å². The van der Waals surface area contributed by atoms with Crippen molar-refractivity contribution in [2.75, 3.05) is 14.1 Å². The molecule has 0 fully saturated rings. The van der Waals surface area contributed by atoms with Gasteiger partial charge < -0.3 is 11.1 Å². The van der Waals surface area contributed by atoms with E-state index in [0.29, 0.717) is 5.96 Å². The van der Waals surface area contributed by atoms with Crippen molar-refractivity contribution in [2.45, 2.75) is 0 Å². The first-order chi connectivity index (χ1) is 4.22.